The zero-order valence-electron chi connectivity index (χ0n) is 4.67. The van der Waals surface area contributed by atoms with Crippen molar-refractivity contribution in [2.75, 3.05) is 0 Å². The average Bonchev–Trinajstić information content (AvgIpc) is 1.91. The van der Waals surface area contributed by atoms with Crippen molar-refractivity contribution in [2.45, 2.75) is 0 Å². The molecule has 0 aliphatic heterocycles. The van der Waals surface area contributed by atoms with E-state index in [0.29, 0.717) is 0 Å². The van der Waals surface area contributed by atoms with Gasteiger partial charge < -0.3 is 0 Å². The van der Waals surface area contributed by atoms with Crippen molar-refractivity contribution in [3.05, 3.63) is 30.3 Å². The Morgan fingerprint density at radius 1 is 1.22 bits per heavy atom. The molecule has 0 aromatic heterocycles. The van der Waals surface area contributed by atoms with E-state index in [4.69, 9.17) is 8.57 Å². The van der Waals surface area contributed by atoms with Crippen LogP contribution in [0.2, 0.25) is 0 Å². The average molecular weight is 173 g/mol. The van der Waals surface area contributed by atoms with E-state index in [1.54, 1.807) is 0 Å². The monoisotopic (exact) mass is 172 g/mol. The van der Waals surface area contributed by atoms with Gasteiger partial charge in [-0.3, -0.25) is 0 Å². The van der Waals surface area contributed by atoms with E-state index in [1.807, 2.05) is 30.3 Å². The molecule has 2 N–H and O–H groups in total. The number of hydrogen-bond acceptors (Lipinski definition) is 2. The first kappa shape index (κ1) is 6.62. The Bertz CT molecular complexity index is 166. The van der Waals surface area contributed by atoms with E-state index in [2.05, 4.69) is 0 Å². The molecular formula is C6H7CuNO. The Hall–Kier alpha value is -0.501. The summed E-state index contributed by atoms with van der Waals surface area (Å²) in [6.45, 7) is 0. The fourth-order valence-electron chi connectivity index (χ4n) is 0.503. The molecule has 9 heavy (non-hydrogen) atoms. The molecule has 0 amide bonds. The zero-order valence-corrected chi connectivity index (χ0v) is 5.62. The van der Waals surface area contributed by atoms with Crippen molar-refractivity contribution in [2.24, 2.45) is 4.75 Å². The third-order valence-electron chi connectivity index (χ3n) is 0.850. The SMILES string of the molecule is [NH2][Cu][O]c1ccccc1. The first-order chi connectivity index (χ1) is 4.43. The van der Waals surface area contributed by atoms with Crippen LogP contribution in [0.4, 0.5) is 0 Å². The number of para-hydroxylation sites is 1. The first-order valence-corrected chi connectivity index (χ1v) is 3.34. The predicted molar refractivity (Wildman–Crippen MR) is 31.3 cm³/mol. The molecule has 0 aliphatic carbocycles. The van der Waals surface area contributed by atoms with Crippen molar-refractivity contribution in [3.63, 3.8) is 0 Å². The van der Waals surface area contributed by atoms with Gasteiger partial charge in [0.2, 0.25) is 0 Å². The Morgan fingerprint density at radius 3 is 2.44 bits per heavy atom. The molecule has 1 aromatic carbocycles. The van der Waals surface area contributed by atoms with Gasteiger partial charge in [-0.05, 0) is 0 Å². The van der Waals surface area contributed by atoms with Crippen LogP contribution in [0.25, 0.3) is 0 Å². The molecule has 0 atom stereocenters. The normalized spacial score (nSPS) is 9.44. The summed E-state index contributed by atoms with van der Waals surface area (Å²) in [6.07, 6.45) is 0. The predicted octanol–water partition coefficient (Wildman–Crippen LogP) is 0.937. The van der Waals surface area contributed by atoms with Gasteiger partial charge in [0.25, 0.3) is 0 Å². The van der Waals surface area contributed by atoms with Crippen LogP contribution >= 0.6 is 0 Å². The molecule has 3 heteroatoms. The van der Waals surface area contributed by atoms with E-state index in [0.717, 1.165) is 21.3 Å². The molecule has 0 fully saturated rings. The molecule has 1 rings (SSSR count). The summed E-state index contributed by atoms with van der Waals surface area (Å²) in [6, 6.07) is 9.40. The summed E-state index contributed by atoms with van der Waals surface area (Å²) in [4.78, 5) is 0. The molecule has 0 saturated heterocycles. The van der Waals surface area contributed by atoms with Gasteiger partial charge in [-0.1, -0.05) is 0 Å². The second-order valence-electron chi connectivity index (χ2n) is 1.45. The summed E-state index contributed by atoms with van der Waals surface area (Å²) in [5.41, 5.74) is 0. The van der Waals surface area contributed by atoms with E-state index in [9.17, 15) is 0 Å². The Kier molecular flexibility index (Phi) is 2.58. The van der Waals surface area contributed by atoms with Crippen LogP contribution < -0.4 is 8.57 Å². The topological polar surface area (TPSA) is 35.2 Å². The minimum absolute atomic E-state index is 0.778. The second-order valence-corrected chi connectivity index (χ2v) is 1.86. The molecule has 0 heterocycles. The van der Waals surface area contributed by atoms with Crippen molar-refractivity contribution < 1.29 is 19.3 Å². The summed E-state index contributed by atoms with van der Waals surface area (Å²) in [7, 11) is 0. The number of rotatable bonds is 2. The van der Waals surface area contributed by atoms with Gasteiger partial charge in [-0.2, -0.15) is 0 Å². The third-order valence-corrected chi connectivity index (χ3v) is 1.18. The molecule has 1 aromatic rings. The van der Waals surface area contributed by atoms with Gasteiger partial charge in [0, 0.05) is 0 Å². The van der Waals surface area contributed by atoms with Crippen molar-refractivity contribution >= 4 is 0 Å². The first-order valence-electron chi connectivity index (χ1n) is 2.41. The zero-order chi connectivity index (χ0) is 6.53. The molecule has 2 nitrogen and oxygen atoms in total. The summed E-state index contributed by atoms with van der Waals surface area (Å²) >= 11 is 0.932. The molecule has 0 saturated carbocycles. The van der Waals surface area contributed by atoms with Crippen molar-refractivity contribution in [1.82, 2.24) is 0 Å². The van der Waals surface area contributed by atoms with Crippen LogP contribution in [0.3, 0.4) is 0 Å². The number of hydrogen-bond donors (Lipinski definition) is 1. The van der Waals surface area contributed by atoms with Crippen LogP contribution in [0, 0.1) is 0 Å². The van der Waals surface area contributed by atoms with Crippen molar-refractivity contribution in [1.29, 1.82) is 0 Å². The van der Waals surface area contributed by atoms with Gasteiger partial charge in [0.1, 0.15) is 0 Å². The van der Waals surface area contributed by atoms with E-state index < -0.39 is 0 Å². The maximum absolute atomic E-state index is 5.04. The summed E-state index contributed by atoms with van der Waals surface area (Å²) in [5, 5.41) is 0. The second kappa shape index (κ2) is 3.51. The van der Waals surface area contributed by atoms with Crippen LogP contribution in [-0.4, -0.2) is 0 Å². The summed E-state index contributed by atoms with van der Waals surface area (Å²) in [5.74, 6) is 0.778. The van der Waals surface area contributed by atoms with E-state index in [1.165, 1.54) is 0 Å². The van der Waals surface area contributed by atoms with Gasteiger partial charge in [-0.15, -0.1) is 0 Å². The van der Waals surface area contributed by atoms with Gasteiger partial charge in [0.15, 0.2) is 0 Å². The van der Waals surface area contributed by atoms with Gasteiger partial charge in [-0.25, -0.2) is 0 Å². The quantitative estimate of drug-likeness (QED) is 0.674. The Labute approximate surface area is 60.7 Å². The van der Waals surface area contributed by atoms with Gasteiger partial charge in [0.05, 0.1) is 0 Å². The molecule has 0 spiro atoms. The third kappa shape index (κ3) is 2.06. The van der Waals surface area contributed by atoms with Crippen LogP contribution in [0.15, 0.2) is 30.3 Å². The molecule has 0 aliphatic rings. The van der Waals surface area contributed by atoms with Crippen LogP contribution in [-0.2, 0) is 15.5 Å². The molecule has 53 valence electrons. The number of benzene rings is 1. The van der Waals surface area contributed by atoms with E-state index >= 15 is 0 Å². The molecule has 0 radical (unpaired) electrons. The minimum atomic E-state index is 0.778. The molecule has 0 bridgehead atoms. The van der Waals surface area contributed by atoms with Crippen LogP contribution in [0.5, 0.6) is 5.75 Å². The maximum atomic E-state index is 5.04. The van der Waals surface area contributed by atoms with E-state index in [-0.39, 0.29) is 0 Å². The Balaban J connectivity index is 2.61. The van der Waals surface area contributed by atoms with Gasteiger partial charge >= 0.3 is 60.2 Å². The summed E-state index contributed by atoms with van der Waals surface area (Å²) < 4.78 is 9.93. The van der Waals surface area contributed by atoms with Crippen LogP contribution in [0.1, 0.15) is 0 Å². The molecule has 0 unspecified atom stereocenters. The standard InChI is InChI=1S/C6H6O.Cu.H2N/c7-6-4-2-1-3-5-6;;/h1-5,7H;;1H2/q;+2;-1/p-1. The molecular weight excluding hydrogens is 166 g/mol. The fraction of sp³-hybridized carbons (Fsp3) is 0. The Morgan fingerprint density at radius 2 is 1.89 bits per heavy atom. The van der Waals surface area contributed by atoms with Crippen molar-refractivity contribution in [3.8, 4) is 5.75 Å². The number of nitrogens with two attached hydrogens (primary N) is 1. The fourth-order valence-corrected chi connectivity index (χ4v) is 0.759.